The van der Waals surface area contributed by atoms with Crippen molar-refractivity contribution in [2.24, 2.45) is 13.0 Å². The molecule has 0 aliphatic carbocycles. The number of nitrogens with zero attached hydrogens (tertiary/aromatic N) is 2. The van der Waals surface area contributed by atoms with Crippen LogP contribution in [0.4, 0.5) is 0 Å². The van der Waals surface area contributed by atoms with Gasteiger partial charge in [-0.1, -0.05) is 0 Å². The highest BCUT2D eigenvalue weighted by Gasteiger charge is 2.29. The monoisotopic (exact) mass is 253 g/mol. The summed E-state index contributed by atoms with van der Waals surface area (Å²) in [5.41, 5.74) is 0.456. The van der Waals surface area contributed by atoms with Gasteiger partial charge in [-0.2, -0.15) is 5.10 Å². The van der Waals surface area contributed by atoms with Crippen molar-refractivity contribution in [1.29, 1.82) is 0 Å². The molecule has 0 spiro atoms. The van der Waals surface area contributed by atoms with Crippen LogP contribution in [0.5, 0.6) is 0 Å². The van der Waals surface area contributed by atoms with Gasteiger partial charge in [-0.25, -0.2) is 4.79 Å². The van der Waals surface area contributed by atoms with Crippen molar-refractivity contribution in [3.05, 3.63) is 18.0 Å². The Kier molecular flexibility index (Phi) is 3.61. The van der Waals surface area contributed by atoms with Crippen LogP contribution in [0.25, 0.3) is 0 Å². The predicted molar refractivity (Wildman–Crippen MR) is 60.7 cm³/mol. The molecule has 2 heterocycles. The molecule has 0 aromatic carbocycles. The van der Waals surface area contributed by atoms with Gasteiger partial charge in [-0.15, -0.1) is 0 Å². The predicted octanol–water partition coefficient (Wildman–Crippen LogP) is -0.302. The molecule has 1 fully saturated rings. The summed E-state index contributed by atoms with van der Waals surface area (Å²) >= 11 is 0. The first-order chi connectivity index (χ1) is 8.58. The largest absolute Gasteiger partial charge is 0.479 e. The Morgan fingerprint density at radius 2 is 2.44 bits per heavy atom. The van der Waals surface area contributed by atoms with E-state index in [2.05, 4.69) is 10.4 Å². The van der Waals surface area contributed by atoms with Gasteiger partial charge in [-0.05, 0) is 6.42 Å². The molecule has 2 rings (SSSR count). The molecule has 7 nitrogen and oxygen atoms in total. The number of amides is 1. The van der Waals surface area contributed by atoms with Crippen LogP contribution in [0, 0.1) is 5.92 Å². The first kappa shape index (κ1) is 12.6. The number of aryl methyl sites for hydroxylation is 1. The van der Waals surface area contributed by atoms with E-state index in [0.717, 1.165) is 0 Å². The molecule has 0 saturated carbocycles. The van der Waals surface area contributed by atoms with Crippen LogP contribution in [-0.2, 0) is 21.4 Å². The van der Waals surface area contributed by atoms with Crippen LogP contribution in [-0.4, -0.2) is 40.0 Å². The summed E-state index contributed by atoms with van der Waals surface area (Å²) in [4.78, 5) is 23.0. The lowest BCUT2D eigenvalue weighted by molar-refractivity contribution is -0.142. The first-order valence-electron chi connectivity index (χ1n) is 5.67. The average Bonchev–Trinajstić information content (AvgIpc) is 2.95. The summed E-state index contributed by atoms with van der Waals surface area (Å²) < 4.78 is 6.60. The molecule has 1 aromatic rings. The maximum atomic E-state index is 11.9. The third-order valence-electron chi connectivity index (χ3n) is 2.89. The van der Waals surface area contributed by atoms with Gasteiger partial charge >= 0.3 is 5.97 Å². The molecule has 18 heavy (non-hydrogen) atoms. The second-order valence-corrected chi connectivity index (χ2v) is 4.29. The smallest absolute Gasteiger partial charge is 0.331 e. The van der Waals surface area contributed by atoms with E-state index < -0.39 is 12.0 Å². The molecule has 2 N–H and O–H groups in total. The Hall–Kier alpha value is -1.89. The standard InChI is InChI=1S/C11H15N3O4/c1-14-5-8(4-12-14)9(11(16)17)13-10(15)7-2-3-18-6-7/h4-5,7,9H,2-3,6H2,1H3,(H,13,15)(H,16,17). The number of aliphatic carboxylic acids is 1. The van der Waals surface area contributed by atoms with Crippen molar-refractivity contribution in [2.75, 3.05) is 13.2 Å². The lowest BCUT2D eigenvalue weighted by Gasteiger charge is -2.15. The lowest BCUT2D eigenvalue weighted by Crippen LogP contribution is -2.37. The molecule has 1 aliphatic rings. The maximum absolute atomic E-state index is 11.9. The highest BCUT2D eigenvalue weighted by molar-refractivity contribution is 5.85. The van der Waals surface area contributed by atoms with E-state index in [0.29, 0.717) is 25.2 Å². The van der Waals surface area contributed by atoms with Gasteiger partial charge < -0.3 is 15.2 Å². The second-order valence-electron chi connectivity index (χ2n) is 4.29. The van der Waals surface area contributed by atoms with Crippen LogP contribution >= 0.6 is 0 Å². The Morgan fingerprint density at radius 1 is 1.67 bits per heavy atom. The Labute approximate surface area is 104 Å². The van der Waals surface area contributed by atoms with Crippen molar-refractivity contribution in [2.45, 2.75) is 12.5 Å². The molecule has 7 heteroatoms. The average molecular weight is 253 g/mol. The van der Waals surface area contributed by atoms with Crippen LogP contribution in [0.15, 0.2) is 12.4 Å². The van der Waals surface area contributed by atoms with E-state index >= 15 is 0 Å². The molecule has 1 aliphatic heterocycles. The molecule has 98 valence electrons. The summed E-state index contributed by atoms with van der Waals surface area (Å²) in [6.07, 6.45) is 3.64. The van der Waals surface area contributed by atoms with Crippen molar-refractivity contribution >= 4 is 11.9 Å². The summed E-state index contributed by atoms with van der Waals surface area (Å²) in [7, 11) is 1.69. The minimum atomic E-state index is -1.10. The fraction of sp³-hybridized carbons (Fsp3) is 0.545. The molecule has 1 amide bonds. The fourth-order valence-electron chi connectivity index (χ4n) is 1.88. The number of carboxylic acid groups (broad SMARTS) is 1. The van der Waals surface area contributed by atoms with Gasteiger partial charge in [0.25, 0.3) is 0 Å². The van der Waals surface area contributed by atoms with E-state index in [1.165, 1.54) is 10.9 Å². The molecular weight excluding hydrogens is 238 g/mol. The number of hydrogen-bond acceptors (Lipinski definition) is 4. The molecule has 1 saturated heterocycles. The molecule has 2 unspecified atom stereocenters. The van der Waals surface area contributed by atoms with Crippen LogP contribution in [0.3, 0.4) is 0 Å². The Morgan fingerprint density at radius 3 is 2.94 bits per heavy atom. The normalized spacial score (nSPS) is 20.6. The highest BCUT2D eigenvalue weighted by Crippen LogP contribution is 2.16. The summed E-state index contributed by atoms with van der Waals surface area (Å²) in [5, 5.41) is 15.6. The van der Waals surface area contributed by atoms with Crippen LogP contribution in [0.2, 0.25) is 0 Å². The number of carbonyl (C=O) groups is 2. The van der Waals surface area contributed by atoms with Gasteiger partial charge in [0.2, 0.25) is 5.91 Å². The summed E-state index contributed by atoms with van der Waals surface area (Å²) in [5.74, 6) is -1.65. The number of carbonyl (C=O) groups excluding carboxylic acids is 1. The van der Waals surface area contributed by atoms with Gasteiger partial charge in [0.1, 0.15) is 0 Å². The number of carboxylic acids is 1. The molecule has 2 atom stereocenters. The SMILES string of the molecule is Cn1cc(C(NC(=O)C2CCOC2)C(=O)O)cn1. The number of rotatable bonds is 4. The van der Waals surface area contributed by atoms with E-state index in [-0.39, 0.29) is 11.8 Å². The van der Waals surface area contributed by atoms with Gasteiger partial charge in [0.05, 0.1) is 18.7 Å². The second kappa shape index (κ2) is 5.18. The van der Waals surface area contributed by atoms with Crippen molar-refractivity contribution < 1.29 is 19.4 Å². The minimum Gasteiger partial charge on any atom is -0.479 e. The zero-order valence-corrected chi connectivity index (χ0v) is 10.00. The number of aromatic nitrogens is 2. The maximum Gasteiger partial charge on any atom is 0.331 e. The van der Waals surface area contributed by atoms with E-state index in [1.807, 2.05) is 0 Å². The first-order valence-corrected chi connectivity index (χ1v) is 5.67. The third kappa shape index (κ3) is 2.67. The molecule has 1 aromatic heterocycles. The van der Waals surface area contributed by atoms with Crippen LogP contribution < -0.4 is 5.32 Å². The van der Waals surface area contributed by atoms with Crippen molar-refractivity contribution in [3.8, 4) is 0 Å². The Balaban J connectivity index is 2.07. The summed E-state index contributed by atoms with van der Waals surface area (Å²) in [6, 6.07) is -1.06. The molecule has 0 bridgehead atoms. The highest BCUT2D eigenvalue weighted by atomic mass is 16.5. The number of nitrogens with one attached hydrogen (secondary N) is 1. The van der Waals surface area contributed by atoms with E-state index in [1.54, 1.807) is 13.2 Å². The minimum absolute atomic E-state index is 0.261. The molecular formula is C11H15N3O4. The Bertz CT molecular complexity index is 451. The quantitative estimate of drug-likeness (QED) is 0.768. The lowest BCUT2D eigenvalue weighted by atomic mass is 10.1. The van der Waals surface area contributed by atoms with Gasteiger partial charge in [-0.3, -0.25) is 9.48 Å². The zero-order valence-electron chi connectivity index (χ0n) is 10.00. The van der Waals surface area contributed by atoms with Crippen molar-refractivity contribution in [3.63, 3.8) is 0 Å². The summed E-state index contributed by atoms with van der Waals surface area (Å²) in [6.45, 7) is 0.897. The third-order valence-corrected chi connectivity index (χ3v) is 2.89. The number of hydrogen-bond donors (Lipinski definition) is 2. The van der Waals surface area contributed by atoms with E-state index in [4.69, 9.17) is 9.84 Å². The van der Waals surface area contributed by atoms with Gasteiger partial charge in [0, 0.05) is 25.4 Å². The topological polar surface area (TPSA) is 93.5 Å². The number of ether oxygens (including phenoxy) is 1. The van der Waals surface area contributed by atoms with Crippen molar-refractivity contribution in [1.82, 2.24) is 15.1 Å². The van der Waals surface area contributed by atoms with Crippen LogP contribution in [0.1, 0.15) is 18.0 Å². The fourth-order valence-corrected chi connectivity index (χ4v) is 1.88. The van der Waals surface area contributed by atoms with Gasteiger partial charge in [0.15, 0.2) is 6.04 Å². The zero-order chi connectivity index (χ0) is 13.1. The van der Waals surface area contributed by atoms with E-state index in [9.17, 15) is 9.59 Å². The molecule has 0 radical (unpaired) electrons.